The topological polar surface area (TPSA) is 36.3 Å². The van der Waals surface area contributed by atoms with Crippen LogP contribution in [0.15, 0.2) is 18.2 Å². The van der Waals surface area contributed by atoms with E-state index in [0.717, 1.165) is 44.6 Å². The van der Waals surface area contributed by atoms with E-state index in [-0.39, 0.29) is 5.41 Å². The zero-order valence-electron chi connectivity index (χ0n) is 10.8. The van der Waals surface area contributed by atoms with Gasteiger partial charge in [0.25, 0.3) is 0 Å². The van der Waals surface area contributed by atoms with Crippen molar-refractivity contribution in [2.45, 2.75) is 25.7 Å². The van der Waals surface area contributed by atoms with E-state index in [2.05, 4.69) is 36.2 Å². The summed E-state index contributed by atoms with van der Waals surface area (Å²) in [5.74, 6) is 1.03. The highest BCUT2D eigenvalue weighted by molar-refractivity contribution is 5.53. The van der Waals surface area contributed by atoms with Gasteiger partial charge in [-0.1, -0.05) is 0 Å². The van der Waals surface area contributed by atoms with Gasteiger partial charge in [0.1, 0.15) is 5.75 Å². The predicted molar refractivity (Wildman–Crippen MR) is 70.8 cm³/mol. The van der Waals surface area contributed by atoms with Crippen LogP contribution in [0.4, 0.5) is 5.69 Å². The number of nitrogens with zero attached hydrogens (tertiary/aromatic N) is 2. The van der Waals surface area contributed by atoms with Gasteiger partial charge in [0.05, 0.1) is 18.1 Å². The Hall–Kier alpha value is -1.69. The third-order valence-electron chi connectivity index (χ3n) is 3.96. The monoisotopic (exact) mass is 242 g/mol. The molecule has 2 aliphatic rings. The standard InChI is InChI=1S/C15H18N2O/c1-17(11-15(10-16)6-7-15)13-4-5-14-12(9-13)3-2-8-18-14/h4-5,9H,2-3,6-8,11H2,1H3. The fourth-order valence-electron chi connectivity index (χ4n) is 2.59. The number of rotatable bonds is 3. The Labute approximate surface area is 108 Å². The summed E-state index contributed by atoms with van der Waals surface area (Å²) in [6.45, 7) is 1.67. The number of aryl methyl sites for hydroxylation is 1. The highest BCUT2D eigenvalue weighted by Crippen LogP contribution is 2.46. The average Bonchev–Trinajstić information content (AvgIpc) is 3.18. The molecule has 1 fully saturated rings. The molecular weight excluding hydrogens is 224 g/mol. The Kier molecular flexibility index (Phi) is 2.66. The largest absolute Gasteiger partial charge is 0.493 e. The zero-order chi connectivity index (χ0) is 12.6. The van der Waals surface area contributed by atoms with Gasteiger partial charge in [-0.2, -0.15) is 5.26 Å². The number of hydrogen-bond acceptors (Lipinski definition) is 3. The van der Waals surface area contributed by atoms with Gasteiger partial charge in [0.15, 0.2) is 0 Å². The van der Waals surface area contributed by atoms with Crippen LogP contribution in [0.25, 0.3) is 0 Å². The molecule has 1 heterocycles. The Morgan fingerprint density at radius 1 is 1.44 bits per heavy atom. The first-order valence-corrected chi connectivity index (χ1v) is 6.61. The van der Waals surface area contributed by atoms with Gasteiger partial charge >= 0.3 is 0 Å². The third kappa shape index (κ3) is 2.03. The fraction of sp³-hybridized carbons (Fsp3) is 0.533. The van der Waals surface area contributed by atoms with Crippen LogP contribution >= 0.6 is 0 Å². The molecule has 3 heteroatoms. The molecule has 1 aromatic rings. The van der Waals surface area contributed by atoms with E-state index in [9.17, 15) is 0 Å². The summed E-state index contributed by atoms with van der Waals surface area (Å²) in [4.78, 5) is 2.20. The lowest BCUT2D eigenvalue weighted by Gasteiger charge is -2.24. The van der Waals surface area contributed by atoms with Crippen molar-refractivity contribution in [3.8, 4) is 11.8 Å². The molecule has 1 aliphatic carbocycles. The van der Waals surface area contributed by atoms with Gasteiger partial charge in [0, 0.05) is 19.3 Å². The van der Waals surface area contributed by atoms with Crippen LogP contribution in [0.2, 0.25) is 0 Å². The molecule has 18 heavy (non-hydrogen) atoms. The zero-order valence-corrected chi connectivity index (χ0v) is 10.8. The maximum atomic E-state index is 9.15. The van der Waals surface area contributed by atoms with Crippen molar-refractivity contribution < 1.29 is 4.74 Å². The predicted octanol–water partition coefficient (Wildman–Crippen LogP) is 2.75. The highest BCUT2D eigenvalue weighted by atomic mass is 16.5. The summed E-state index contributed by atoms with van der Waals surface area (Å²) >= 11 is 0. The van der Waals surface area contributed by atoms with Crippen molar-refractivity contribution in [1.82, 2.24) is 0 Å². The molecule has 0 unspecified atom stereocenters. The molecule has 1 aliphatic heterocycles. The van der Waals surface area contributed by atoms with Crippen LogP contribution < -0.4 is 9.64 Å². The van der Waals surface area contributed by atoms with Crippen LogP contribution in [0.3, 0.4) is 0 Å². The minimum Gasteiger partial charge on any atom is -0.493 e. The summed E-state index contributed by atoms with van der Waals surface area (Å²) in [6, 6.07) is 8.82. The van der Waals surface area contributed by atoms with E-state index >= 15 is 0 Å². The number of fused-ring (bicyclic) bond motifs is 1. The molecule has 1 saturated carbocycles. The van der Waals surface area contributed by atoms with Crippen molar-refractivity contribution >= 4 is 5.69 Å². The van der Waals surface area contributed by atoms with Gasteiger partial charge in [-0.05, 0) is 49.4 Å². The first-order valence-electron chi connectivity index (χ1n) is 6.61. The molecule has 0 spiro atoms. The Morgan fingerprint density at radius 2 is 2.28 bits per heavy atom. The quantitative estimate of drug-likeness (QED) is 0.817. The number of ether oxygens (including phenoxy) is 1. The van der Waals surface area contributed by atoms with E-state index in [1.165, 1.54) is 11.3 Å². The number of nitriles is 1. The van der Waals surface area contributed by atoms with E-state index < -0.39 is 0 Å². The maximum absolute atomic E-state index is 9.15. The van der Waals surface area contributed by atoms with Gasteiger partial charge in [-0.15, -0.1) is 0 Å². The van der Waals surface area contributed by atoms with E-state index in [1.54, 1.807) is 0 Å². The van der Waals surface area contributed by atoms with Gasteiger partial charge in [-0.3, -0.25) is 0 Å². The summed E-state index contributed by atoms with van der Waals surface area (Å²) in [7, 11) is 2.07. The Morgan fingerprint density at radius 3 is 3.00 bits per heavy atom. The van der Waals surface area contributed by atoms with Crippen molar-refractivity contribution in [2.24, 2.45) is 5.41 Å². The van der Waals surface area contributed by atoms with E-state index in [1.807, 2.05) is 0 Å². The normalized spacial score (nSPS) is 19.3. The molecule has 3 nitrogen and oxygen atoms in total. The van der Waals surface area contributed by atoms with Crippen molar-refractivity contribution in [2.75, 3.05) is 25.1 Å². The van der Waals surface area contributed by atoms with Crippen molar-refractivity contribution in [1.29, 1.82) is 5.26 Å². The minimum atomic E-state index is -0.0822. The minimum absolute atomic E-state index is 0.0822. The highest BCUT2D eigenvalue weighted by Gasteiger charge is 2.44. The second-order valence-electron chi connectivity index (χ2n) is 5.49. The van der Waals surface area contributed by atoms with Crippen LogP contribution in [0, 0.1) is 16.7 Å². The lowest BCUT2D eigenvalue weighted by Crippen LogP contribution is -2.25. The Balaban J connectivity index is 1.78. The molecule has 0 atom stereocenters. The molecule has 0 N–H and O–H groups in total. The summed E-state index contributed by atoms with van der Waals surface area (Å²) in [5.41, 5.74) is 2.41. The van der Waals surface area contributed by atoms with Crippen molar-refractivity contribution in [3.63, 3.8) is 0 Å². The smallest absolute Gasteiger partial charge is 0.122 e. The lowest BCUT2D eigenvalue weighted by molar-refractivity contribution is 0.288. The first-order chi connectivity index (χ1) is 8.72. The Bertz CT molecular complexity index is 500. The second kappa shape index (κ2) is 4.20. The molecule has 0 saturated heterocycles. The molecule has 0 amide bonds. The van der Waals surface area contributed by atoms with Crippen LogP contribution in [-0.2, 0) is 6.42 Å². The summed E-state index contributed by atoms with van der Waals surface area (Å²) < 4.78 is 5.62. The van der Waals surface area contributed by atoms with Gasteiger partial charge < -0.3 is 9.64 Å². The number of benzene rings is 1. The SMILES string of the molecule is CN(CC1(C#N)CC1)c1ccc2c(c1)CCCO2. The van der Waals surface area contributed by atoms with Crippen LogP contribution in [0.5, 0.6) is 5.75 Å². The lowest BCUT2D eigenvalue weighted by atomic mass is 10.0. The fourth-order valence-corrected chi connectivity index (χ4v) is 2.59. The molecule has 0 radical (unpaired) electrons. The number of hydrogen-bond donors (Lipinski definition) is 0. The third-order valence-corrected chi connectivity index (χ3v) is 3.96. The maximum Gasteiger partial charge on any atom is 0.122 e. The van der Waals surface area contributed by atoms with Crippen LogP contribution in [0.1, 0.15) is 24.8 Å². The summed E-state index contributed by atoms with van der Waals surface area (Å²) in [5, 5.41) is 9.15. The molecule has 94 valence electrons. The van der Waals surface area contributed by atoms with Crippen molar-refractivity contribution in [3.05, 3.63) is 23.8 Å². The summed E-state index contributed by atoms with van der Waals surface area (Å²) in [6.07, 6.45) is 4.28. The first kappa shape index (κ1) is 11.4. The van der Waals surface area contributed by atoms with Crippen LogP contribution in [-0.4, -0.2) is 20.2 Å². The number of anilines is 1. The molecule has 0 bridgehead atoms. The average molecular weight is 242 g/mol. The van der Waals surface area contributed by atoms with Gasteiger partial charge in [-0.25, -0.2) is 0 Å². The molecule has 1 aromatic carbocycles. The second-order valence-corrected chi connectivity index (χ2v) is 5.49. The molecular formula is C15H18N2O. The molecule has 3 rings (SSSR count). The molecule has 0 aromatic heterocycles. The van der Waals surface area contributed by atoms with Gasteiger partial charge in [0.2, 0.25) is 0 Å². The van der Waals surface area contributed by atoms with E-state index in [4.69, 9.17) is 10.00 Å². The van der Waals surface area contributed by atoms with E-state index in [0.29, 0.717) is 0 Å².